The van der Waals surface area contributed by atoms with Gasteiger partial charge in [-0.2, -0.15) is 0 Å². The molecule has 2 N–H and O–H groups in total. The summed E-state index contributed by atoms with van der Waals surface area (Å²) in [6.45, 7) is 3.80. The molecule has 1 nitrogen and oxygen atoms in total. The molecule has 1 aliphatic rings. The maximum absolute atomic E-state index is 13.7. The van der Waals surface area contributed by atoms with Crippen molar-refractivity contribution in [3.8, 4) is 0 Å². The van der Waals surface area contributed by atoms with Crippen LogP contribution in [0.1, 0.15) is 43.4 Å². The number of nitrogens with two attached hydrogens (primary N) is 1. The lowest BCUT2D eigenvalue weighted by atomic mass is 9.86. The van der Waals surface area contributed by atoms with E-state index in [2.05, 4.69) is 6.92 Å². The van der Waals surface area contributed by atoms with Crippen molar-refractivity contribution < 1.29 is 8.78 Å². The molecule has 0 bridgehead atoms. The summed E-state index contributed by atoms with van der Waals surface area (Å²) in [5, 5.41) is 0. The van der Waals surface area contributed by atoms with E-state index in [1.165, 1.54) is 0 Å². The Morgan fingerprint density at radius 2 is 1.94 bits per heavy atom. The van der Waals surface area contributed by atoms with Crippen molar-refractivity contribution >= 4 is 0 Å². The van der Waals surface area contributed by atoms with Gasteiger partial charge in [0.2, 0.25) is 0 Å². The highest BCUT2D eigenvalue weighted by Gasteiger charge is 2.31. The smallest absolute Gasteiger partial charge is 0.130 e. The van der Waals surface area contributed by atoms with Crippen LogP contribution in [-0.4, -0.2) is 0 Å². The molecule has 1 saturated carbocycles. The molecule has 3 heteroatoms. The zero-order chi connectivity index (χ0) is 12.6. The van der Waals surface area contributed by atoms with Crippen LogP contribution in [0, 0.1) is 30.4 Å². The second kappa shape index (κ2) is 4.73. The van der Waals surface area contributed by atoms with Gasteiger partial charge in [0.1, 0.15) is 11.6 Å². The molecule has 1 aromatic carbocycles. The van der Waals surface area contributed by atoms with Crippen LogP contribution in [0.15, 0.2) is 12.1 Å². The molecule has 17 heavy (non-hydrogen) atoms. The summed E-state index contributed by atoms with van der Waals surface area (Å²) >= 11 is 0. The van der Waals surface area contributed by atoms with Crippen LogP contribution in [0.3, 0.4) is 0 Å². The van der Waals surface area contributed by atoms with E-state index in [1.54, 1.807) is 13.0 Å². The SMILES string of the molecule is Cc1cc(C(N)C2CCCC2C)c(F)cc1F. The molecule has 1 fully saturated rings. The van der Waals surface area contributed by atoms with Crippen LogP contribution in [0.5, 0.6) is 0 Å². The Morgan fingerprint density at radius 3 is 2.53 bits per heavy atom. The Kier molecular flexibility index (Phi) is 3.48. The Morgan fingerprint density at radius 1 is 1.24 bits per heavy atom. The van der Waals surface area contributed by atoms with Crippen molar-refractivity contribution in [2.75, 3.05) is 0 Å². The zero-order valence-corrected chi connectivity index (χ0v) is 10.3. The van der Waals surface area contributed by atoms with Crippen molar-refractivity contribution in [1.82, 2.24) is 0 Å². The molecule has 0 spiro atoms. The van der Waals surface area contributed by atoms with Crippen LogP contribution in [0.4, 0.5) is 8.78 Å². The van der Waals surface area contributed by atoms with Crippen LogP contribution in [0.2, 0.25) is 0 Å². The largest absolute Gasteiger partial charge is 0.324 e. The first-order valence-corrected chi connectivity index (χ1v) is 6.22. The summed E-state index contributed by atoms with van der Waals surface area (Å²) in [6, 6.07) is 2.19. The van der Waals surface area contributed by atoms with Crippen LogP contribution >= 0.6 is 0 Å². The van der Waals surface area contributed by atoms with Gasteiger partial charge in [0.05, 0.1) is 0 Å². The van der Waals surface area contributed by atoms with Gasteiger partial charge >= 0.3 is 0 Å². The fourth-order valence-corrected chi connectivity index (χ4v) is 2.87. The van der Waals surface area contributed by atoms with E-state index in [-0.39, 0.29) is 6.04 Å². The minimum Gasteiger partial charge on any atom is -0.324 e. The second-order valence-electron chi connectivity index (χ2n) is 5.22. The Hall–Kier alpha value is -0.960. The van der Waals surface area contributed by atoms with Gasteiger partial charge < -0.3 is 5.73 Å². The molecule has 94 valence electrons. The first-order chi connectivity index (χ1) is 8.00. The average Bonchev–Trinajstić information content (AvgIpc) is 2.69. The van der Waals surface area contributed by atoms with Gasteiger partial charge in [-0.25, -0.2) is 8.78 Å². The molecule has 1 aromatic rings. The summed E-state index contributed by atoms with van der Waals surface area (Å²) in [5.41, 5.74) is 7.07. The Bertz CT molecular complexity index is 417. The summed E-state index contributed by atoms with van der Waals surface area (Å²) < 4.78 is 26.9. The predicted molar refractivity (Wildman–Crippen MR) is 64.5 cm³/mol. The molecule has 0 heterocycles. The monoisotopic (exact) mass is 239 g/mol. The van der Waals surface area contributed by atoms with E-state index in [9.17, 15) is 8.78 Å². The topological polar surface area (TPSA) is 26.0 Å². The van der Waals surface area contributed by atoms with Crippen molar-refractivity contribution in [2.24, 2.45) is 17.6 Å². The van der Waals surface area contributed by atoms with Crippen LogP contribution in [-0.2, 0) is 0 Å². The maximum Gasteiger partial charge on any atom is 0.130 e. The Labute approximate surface area is 101 Å². The Balaban J connectivity index is 2.30. The van der Waals surface area contributed by atoms with Gasteiger partial charge in [-0.05, 0) is 36.8 Å². The van der Waals surface area contributed by atoms with Crippen molar-refractivity contribution in [1.29, 1.82) is 0 Å². The van der Waals surface area contributed by atoms with Crippen LogP contribution in [0.25, 0.3) is 0 Å². The second-order valence-corrected chi connectivity index (χ2v) is 5.22. The molecule has 3 unspecified atom stereocenters. The van der Waals surface area contributed by atoms with E-state index < -0.39 is 11.6 Å². The third-order valence-electron chi connectivity index (χ3n) is 4.03. The predicted octanol–water partition coefficient (Wildman–Crippen LogP) is 3.71. The average molecular weight is 239 g/mol. The zero-order valence-electron chi connectivity index (χ0n) is 10.3. The first kappa shape index (κ1) is 12.5. The summed E-state index contributed by atoms with van der Waals surface area (Å²) in [7, 11) is 0. The third-order valence-corrected chi connectivity index (χ3v) is 4.03. The minimum absolute atomic E-state index is 0.313. The van der Waals surface area contributed by atoms with Gasteiger partial charge in [0.15, 0.2) is 0 Å². The number of benzene rings is 1. The molecular formula is C14H19F2N. The molecular weight excluding hydrogens is 220 g/mol. The molecule has 0 aliphatic heterocycles. The number of rotatable bonds is 2. The number of hydrogen-bond acceptors (Lipinski definition) is 1. The van der Waals surface area contributed by atoms with E-state index in [1.807, 2.05) is 0 Å². The molecule has 0 radical (unpaired) electrons. The fraction of sp³-hybridized carbons (Fsp3) is 0.571. The van der Waals surface area contributed by atoms with E-state index in [4.69, 9.17) is 5.73 Å². The lowest BCUT2D eigenvalue weighted by molar-refractivity contribution is 0.343. The van der Waals surface area contributed by atoms with Gasteiger partial charge in [-0.1, -0.05) is 19.8 Å². The number of hydrogen-bond donors (Lipinski definition) is 1. The standard InChI is InChI=1S/C14H19F2N/c1-8-4-3-5-10(8)14(17)11-6-9(2)12(15)7-13(11)16/h6-8,10,14H,3-5,17H2,1-2H3. The fourth-order valence-electron chi connectivity index (χ4n) is 2.87. The summed E-state index contributed by atoms with van der Waals surface area (Å²) in [6.07, 6.45) is 3.35. The molecule has 0 aromatic heterocycles. The minimum atomic E-state index is -0.514. The maximum atomic E-state index is 13.7. The molecule has 0 amide bonds. The molecule has 0 saturated heterocycles. The molecule has 1 aliphatic carbocycles. The van der Waals surface area contributed by atoms with Gasteiger partial charge in [-0.15, -0.1) is 0 Å². The van der Waals surface area contributed by atoms with Gasteiger partial charge in [0.25, 0.3) is 0 Å². The molecule has 2 rings (SSSR count). The highest BCUT2D eigenvalue weighted by molar-refractivity contribution is 5.28. The third kappa shape index (κ3) is 2.34. The first-order valence-electron chi connectivity index (χ1n) is 6.22. The quantitative estimate of drug-likeness (QED) is 0.836. The number of halogens is 2. The van der Waals surface area contributed by atoms with Gasteiger partial charge in [-0.3, -0.25) is 0 Å². The van der Waals surface area contributed by atoms with E-state index in [0.29, 0.717) is 23.0 Å². The highest BCUT2D eigenvalue weighted by Crippen LogP contribution is 2.39. The number of aryl methyl sites for hydroxylation is 1. The summed E-state index contributed by atoms with van der Waals surface area (Å²) in [5.74, 6) is -0.179. The van der Waals surface area contributed by atoms with E-state index in [0.717, 1.165) is 25.3 Å². The highest BCUT2D eigenvalue weighted by atomic mass is 19.1. The summed E-state index contributed by atoms with van der Waals surface area (Å²) in [4.78, 5) is 0. The molecule has 3 atom stereocenters. The van der Waals surface area contributed by atoms with Crippen molar-refractivity contribution in [3.05, 3.63) is 34.9 Å². The van der Waals surface area contributed by atoms with E-state index >= 15 is 0 Å². The van der Waals surface area contributed by atoms with Crippen molar-refractivity contribution in [2.45, 2.75) is 39.2 Å². The van der Waals surface area contributed by atoms with Crippen LogP contribution < -0.4 is 5.73 Å². The van der Waals surface area contributed by atoms with Gasteiger partial charge in [0, 0.05) is 17.7 Å². The normalized spacial score (nSPS) is 26.2. The lowest BCUT2D eigenvalue weighted by Crippen LogP contribution is -2.24. The van der Waals surface area contributed by atoms with Crippen molar-refractivity contribution in [3.63, 3.8) is 0 Å². The lowest BCUT2D eigenvalue weighted by Gasteiger charge is -2.24.